The highest BCUT2D eigenvalue weighted by Gasteiger charge is 2.33. The molecule has 0 unspecified atom stereocenters. The molecule has 0 aliphatic heterocycles. The maximum atomic E-state index is 12.7. The lowest BCUT2D eigenvalue weighted by molar-refractivity contribution is 0.0749. The largest absolute Gasteiger partial charge is 0.399 e. The number of rotatable bonds is 4. The molecule has 0 bridgehead atoms. The van der Waals surface area contributed by atoms with Crippen LogP contribution in [0.15, 0.2) is 24.4 Å². The molecule has 1 fully saturated rings. The highest BCUT2D eigenvalue weighted by Crippen LogP contribution is 2.30. The topological polar surface area (TPSA) is 85.9 Å². The van der Waals surface area contributed by atoms with E-state index < -0.39 is 0 Å². The van der Waals surface area contributed by atoms with Gasteiger partial charge in [0.15, 0.2) is 0 Å². The number of nitrogens with zero attached hydrogens (tertiary/aromatic N) is 2. The number of nitrogens with one attached hydrogen (secondary N) is 1. The number of nitrogens with two attached hydrogens (primary N) is 1. The van der Waals surface area contributed by atoms with Crippen LogP contribution >= 0.6 is 0 Å². The van der Waals surface area contributed by atoms with Gasteiger partial charge in [0.05, 0.1) is 18.1 Å². The number of H-pyrrole nitrogens is 1. The second-order valence-electron chi connectivity index (χ2n) is 5.15. The summed E-state index contributed by atoms with van der Waals surface area (Å²) in [5, 5.41) is 9.61. The third kappa shape index (κ3) is 2.21. The molecule has 2 aromatic rings. The fourth-order valence-corrected chi connectivity index (χ4v) is 2.48. The van der Waals surface area contributed by atoms with Gasteiger partial charge in [-0.25, -0.2) is 0 Å². The predicted molar refractivity (Wildman–Crippen MR) is 77.0 cm³/mol. The van der Waals surface area contributed by atoms with Gasteiger partial charge < -0.3 is 15.6 Å². The van der Waals surface area contributed by atoms with Gasteiger partial charge in [-0.15, -0.1) is 0 Å². The number of hydrogen-bond donors (Lipinski definition) is 2. The van der Waals surface area contributed by atoms with Crippen molar-refractivity contribution in [1.82, 2.24) is 9.88 Å². The van der Waals surface area contributed by atoms with Crippen LogP contribution in [0.1, 0.15) is 29.6 Å². The van der Waals surface area contributed by atoms with Crippen molar-refractivity contribution in [3.63, 3.8) is 0 Å². The SMILES string of the molecule is N#CCCN(C(=O)c1c[nH]c2cc(N)ccc12)C1CC1. The number of hydrogen-bond acceptors (Lipinski definition) is 3. The van der Waals surface area contributed by atoms with E-state index in [1.807, 2.05) is 17.0 Å². The first-order valence-electron chi connectivity index (χ1n) is 6.75. The molecular formula is C15H16N4O. The van der Waals surface area contributed by atoms with Crippen LogP contribution in [0.4, 0.5) is 5.69 Å². The number of aromatic nitrogens is 1. The van der Waals surface area contributed by atoms with Crippen molar-refractivity contribution in [2.45, 2.75) is 25.3 Å². The van der Waals surface area contributed by atoms with Gasteiger partial charge in [0.25, 0.3) is 5.91 Å². The fraction of sp³-hybridized carbons (Fsp3) is 0.333. The normalized spacial score (nSPS) is 14.2. The van der Waals surface area contributed by atoms with E-state index >= 15 is 0 Å². The van der Waals surface area contributed by atoms with Gasteiger partial charge in [0.2, 0.25) is 0 Å². The summed E-state index contributed by atoms with van der Waals surface area (Å²) in [5.41, 5.74) is 7.93. The molecular weight excluding hydrogens is 252 g/mol. The Kier molecular flexibility index (Phi) is 3.07. The Bertz CT molecular complexity index is 693. The van der Waals surface area contributed by atoms with Crippen molar-refractivity contribution in [1.29, 1.82) is 5.26 Å². The summed E-state index contributed by atoms with van der Waals surface area (Å²) in [6.45, 7) is 0.502. The molecule has 5 nitrogen and oxygen atoms in total. The molecule has 1 aliphatic rings. The molecule has 0 radical (unpaired) electrons. The highest BCUT2D eigenvalue weighted by atomic mass is 16.2. The molecule has 1 heterocycles. The number of nitrogen functional groups attached to an aromatic ring is 1. The van der Waals surface area contributed by atoms with Gasteiger partial charge in [-0.1, -0.05) is 0 Å². The quantitative estimate of drug-likeness (QED) is 0.834. The Labute approximate surface area is 117 Å². The van der Waals surface area contributed by atoms with Crippen LogP contribution in [0.3, 0.4) is 0 Å². The Morgan fingerprint density at radius 3 is 3.00 bits per heavy atom. The van der Waals surface area contributed by atoms with E-state index in [1.165, 1.54) is 0 Å². The van der Waals surface area contributed by atoms with Crippen molar-refractivity contribution in [3.05, 3.63) is 30.0 Å². The molecule has 20 heavy (non-hydrogen) atoms. The number of amides is 1. The van der Waals surface area contributed by atoms with Crippen LogP contribution in [0, 0.1) is 11.3 Å². The summed E-state index contributed by atoms with van der Waals surface area (Å²) < 4.78 is 0. The number of carbonyl (C=O) groups is 1. The van der Waals surface area contributed by atoms with Crippen LogP contribution < -0.4 is 5.73 Å². The van der Waals surface area contributed by atoms with Crippen molar-refractivity contribution >= 4 is 22.5 Å². The zero-order chi connectivity index (χ0) is 14.1. The van der Waals surface area contributed by atoms with Crippen molar-refractivity contribution in [3.8, 4) is 6.07 Å². The van der Waals surface area contributed by atoms with Crippen LogP contribution in [0.2, 0.25) is 0 Å². The van der Waals surface area contributed by atoms with Crippen molar-refractivity contribution < 1.29 is 4.79 Å². The standard InChI is InChI=1S/C15H16N4O/c16-6-1-7-19(11-3-4-11)15(20)13-9-18-14-8-10(17)2-5-12(13)14/h2,5,8-9,11,18H,1,3-4,7,17H2. The Hall–Kier alpha value is -2.48. The lowest BCUT2D eigenvalue weighted by Gasteiger charge is -2.20. The lowest BCUT2D eigenvalue weighted by Crippen LogP contribution is -2.33. The lowest BCUT2D eigenvalue weighted by atomic mass is 10.1. The molecule has 1 amide bonds. The Balaban J connectivity index is 1.92. The molecule has 0 spiro atoms. The molecule has 1 aliphatic carbocycles. The maximum absolute atomic E-state index is 12.7. The van der Waals surface area contributed by atoms with E-state index in [0.29, 0.717) is 30.3 Å². The minimum absolute atomic E-state index is 0.00114. The minimum atomic E-state index is -0.00114. The summed E-state index contributed by atoms with van der Waals surface area (Å²) in [6, 6.07) is 7.89. The molecule has 3 N–H and O–H groups in total. The molecule has 0 atom stereocenters. The fourth-order valence-electron chi connectivity index (χ4n) is 2.48. The van der Waals surface area contributed by atoms with Crippen LogP contribution in [0.5, 0.6) is 0 Å². The highest BCUT2D eigenvalue weighted by molar-refractivity contribution is 6.07. The van der Waals surface area contributed by atoms with E-state index in [4.69, 9.17) is 11.0 Å². The summed E-state index contributed by atoms with van der Waals surface area (Å²) >= 11 is 0. The average molecular weight is 268 g/mol. The first-order valence-corrected chi connectivity index (χ1v) is 6.75. The van der Waals surface area contributed by atoms with Gasteiger partial charge >= 0.3 is 0 Å². The minimum Gasteiger partial charge on any atom is -0.399 e. The zero-order valence-electron chi connectivity index (χ0n) is 11.1. The summed E-state index contributed by atoms with van der Waals surface area (Å²) in [6.07, 6.45) is 4.17. The van der Waals surface area contributed by atoms with Crippen LogP contribution in [-0.4, -0.2) is 28.4 Å². The van der Waals surface area contributed by atoms with Crippen LogP contribution in [0.25, 0.3) is 10.9 Å². The first-order chi connectivity index (χ1) is 9.70. The van der Waals surface area contributed by atoms with E-state index in [-0.39, 0.29) is 5.91 Å². The van der Waals surface area contributed by atoms with Gasteiger partial charge in [0, 0.05) is 35.4 Å². The second kappa shape index (κ2) is 4.89. The van der Waals surface area contributed by atoms with Gasteiger partial charge in [0.1, 0.15) is 0 Å². The molecule has 3 rings (SSSR count). The van der Waals surface area contributed by atoms with Gasteiger partial charge in [-0.2, -0.15) is 5.26 Å². The number of nitriles is 1. The maximum Gasteiger partial charge on any atom is 0.256 e. The van der Waals surface area contributed by atoms with E-state index in [0.717, 1.165) is 23.7 Å². The first kappa shape index (κ1) is 12.5. The molecule has 1 aromatic carbocycles. The third-order valence-electron chi connectivity index (χ3n) is 3.65. The summed E-state index contributed by atoms with van der Waals surface area (Å²) in [4.78, 5) is 17.6. The van der Waals surface area contributed by atoms with Gasteiger partial charge in [-0.05, 0) is 31.0 Å². The zero-order valence-corrected chi connectivity index (χ0v) is 11.1. The molecule has 1 saturated carbocycles. The van der Waals surface area contributed by atoms with Crippen molar-refractivity contribution in [2.75, 3.05) is 12.3 Å². The van der Waals surface area contributed by atoms with E-state index in [2.05, 4.69) is 11.1 Å². The molecule has 102 valence electrons. The molecule has 0 saturated heterocycles. The van der Waals surface area contributed by atoms with Gasteiger partial charge in [-0.3, -0.25) is 4.79 Å². The average Bonchev–Trinajstić information content (AvgIpc) is 3.18. The smallest absolute Gasteiger partial charge is 0.256 e. The number of anilines is 1. The molecule has 5 heteroatoms. The number of benzene rings is 1. The number of carbonyl (C=O) groups excluding carboxylic acids is 1. The second-order valence-corrected chi connectivity index (χ2v) is 5.15. The monoisotopic (exact) mass is 268 g/mol. The number of aromatic amines is 1. The van der Waals surface area contributed by atoms with E-state index in [9.17, 15) is 4.79 Å². The third-order valence-corrected chi connectivity index (χ3v) is 3.65. The summed E-state index contributed by atoms with van der Waals surface area (Å²) in [7, 11) is 0. The Morgan fingerprint density at radius 2 is 2.30 bits per heavy atom. The summed E-state index contributed by atoms with van der Waals surface area (Å²) in [5.74, 6) is -0.00114. The number of fused-ring (bicyclic) bond motifs is 1. The predicted octanol–water partition coefficient (Wildman–Crippen LogP) is 2.27. The van der Waals surface area contributed by atoms with E-state index in [1.54, 1.807) is 12.3 Å². The Morgan fingerprint density at radius 1 is 1.50 bits per heavy atom. The molecule has 1 aromatic heterocycles. The van der Waals surface area contributed by atoms with Crippen LogP contribution in [-0.2, 0) is 0 Å². The van der Waals surface area contributed by atoms with Crippen molar-refractivity contribution in [2.24, 2.45) is 0 Å².